The van der Waals surface area contributed by atoms with Gasteiger partial charge in [-0.3, -0.25) is 9.59 Å². The highest BCUT2D eigenvalue weighted by molar-refractivity contribution is 6.24. The van der Waals surface area contributed by atoms with E-state index in [4.69, 9.17) is 9.47 Å². The predicted octanol–water partition coefficient (Wildman–Crippen LogP) is 12.6. The molecule has 4 nitrogen and oxygen atoms in total. The van der Waals surface area contributed by atoms with Crippen molar-refractivity contribution in [1.29, 1.82) is 0 Å². The highest BCUT2D eigenvalue weighted by Crippen LogP contribution is 2.40. The van der Waals surface area contributed by atoms with Gasteiger partial charge in [0.15, 0.2) is 11.6 Å². The Morgan fingerprint density at radius 1 is 0.440 bits per heavy atom. The molecule has 4 aromatic rings. The van der Waals surface area contributed by atoms with E-state index in [0.717, 1.165) is 38.5 Å². The van der Waals surface area contributed by atoms with Gasteiger partial charge in [-0.25, -0.2) is 8.78 Å². The molecule has 0 unspecified atom stereocenters. The lowest BCUT2D eigenvalue weighted by Crippen LogP contribution is -2.10. The van der Waals surface area contributed by atoms with E-state index >= 15 is 0 Å². The zero-order valence-corrected chi connectivity index (χ0v) is 30.0. The van der Waals surface area contributed by atoms with Gasteiger partial charge in [0.2, 0.25) is 0 Å². The first kappa shape index (κ1) is 38.7. The molecule has 4 aromatic carbocycles. The van der Waals surface area contributed by atoms with Gasteiger partial charge in [-0.2, -0.15) is 0 Å². The van der Waals surface area contributed by atoms with Crippen LogP contribution in [0.15, 0.2) is 72.8 Å². The van der Waals surface area contributed by atoms with Gasteiger partial charge in [0, 0.05) is 33.0 Å². The predicted molar refractivity (Wildman–Crippen MR) is 200 cm³/mol. The SMILES string of the molecule is CCCCCCCCCCOc1ccc(C(=O)c2ccc(F)cc2)c2c(OCCCCCCCCCC)ccc(C(=O)c3ccc(F)cc3)c12. The minimum atomic E-state index is -0.433. The van der Waals surface area contributed by atoms with Crippen LogP contribution in [0.5, 0.6) is 11.5 Å². The van der Waals surface area contributed by atoms with Crippen LogP contribution in [0, 0.1) is 11.6 Å². The van der Waals surface area contributed by atoms with Gasteiger partial charge in [0.05, 0.1) is 13.2 Å². The number of ether oxygens (including phenoxy) is 2. The summed E-state index contributed by atoms with van der Waals surface area (Å²) in [6.07, 6.45) is 18.6. The van der Waals surface area contributed by atoms with Crippen molar-refractivity contribution >= 4 is 22.3 Å². The third kappa shape index (κ3) is 11.5. The molecule has 0 bridgehead atoms. The largest absolute Gasteiger partial charge is 0.493 e. The maximum absolute atomic E-state index is 14.0. The zero-order chi connectivity index (χ0) is 35.6. The Morgan fingerprint density at radius 3 is 1.10 bits per heavy atom. The Kier molecular flexibility index (Phi) is 16.4. The number of hydrogen-bond acceptors (Lipinski definition) is 4. The Hall–Kier alpha value is -4.06. The minimum Gasteiger partial charge on any atom is -0.493 e. The second-order valence-corrected chi connectivity index (χ2v) is 13.3. The molecule has 0 N–H and O–H groups in total. The molecular formula is C44H54F2O4. The molecule has 0 amide bonds. The second-order valence-electron chi connectivity index (χ2n) is 13.3. The molecule has 0 radical (unpaired) electrons. The summed E-state index contributed by atoms with van der Waals surface area (Å²) in [5.41, 5.74) is 1.32. The van der Waals surface area contributed by atoms with Gasteiger partial charge < -0.3 is 9.47 Å². The fourth-order valence-electron chi connectivity index (χ4n) is 6.40. The zero-order valence-electron chi connectivity index (χ0n) is 30.0. The molecule has 0 heterocycles. The van der Waals surface area contributed by atoms with Crippen molar-refractivity contribution in [2.24, 2.45) is 0 Å². The molecule has 0 spiro atoms. The van der Waals surface area contributed by atoms with E-state index in [9.17, 15) is 18.4 Å². The quantitative estimate of drug-likeness (QED) is 0.0544. The van der Waals surface area contributed by atoms with Crippen LogP contribution in [0.25, 0.3) is 10.8 Å². The molecule has 6 heteroatoms. The topological polar surface area (TPSA) is 52.6 Å². The van der Waals surface area contributed by atoms with E-state index in [2.05, 4.69) is 13.8 Å². The van der Waals surface area contributed by atoms with Crippen molar-refractivity contribution < 1.29 is 27.8 Å². The summed E-state index contributed by atoms with van der Waals surface area (Å²) < 4.78 is 40.4. The van der Waals surface area contributed by atoms with Crippen molar-refractivity contribution in [3.63, 3.8) is 0 Å². The average molecular weight is 685 g/mol. The van der Waals surface area contributed by atoms with E-state index in [1.165, 1.54) is 113 Å². The molecule has 0 saturated heterocycles. The molecule has 0 aliphatic carbocycles. The van der Waals surface area contributed by atoms with E-state index in [0.29, 0.717) is 57.7 Å². The number of carbonyl (C=O) groups excluding carboxylic acids is 2. The number of fused-ring (bicyclic) bond motifs is 1. The molecule has 0 aliphatic heterocycles. The monoisotopic (exact) mass is 684 g/mol. The summed E-state index contributed by atoms with van der Waals surface area (Å²) in [7, 11) is 0. The number of benzene rings is 4. The van der Waals surface area contributed by atoms with Gasteiger partial charge in [0.1, 0.15) is 23.1 Å². The lowest BCUT2D eigenvalue weighted by molar-refractivity contribution is 0.103. The molecule has 0 atom stereocenters. The van der Waals surface area contributed by atoms with Crippen molar-refractivity contribution in [2.45, 2.75) is 117 Å². The third-order valence-electron chi connectivity index (χ3n) is 9.30. The maximum atomic E-state index is 14.0. The normalized spacial score (nSPS) is 11.2. The maximum Gasteiger partial charge on any atom is 0.193 e. The smallest absolute Gasteiger partial charge is 0.193 e. The van der Waals surface area contributed by atoms with Crippen LogP contribution in [0.2, 0.25) is 0 Å². The Balaban J connectivity index is 1.67. The summed E-state index contributed by atoms with van der Waals surface area (Å²) in [5.74, 6) is -0.514. The van der Waals surface area contributed by atoms with Crippen LogP contribution < -0.4 is 9.47 Å². The number of ketones is 2. The number of rotatable bonds is 24. The van der Waals surface area contributed by atoms with Crippen LogP contribution in [0.4, 0.5) is 8.78 Å². The lowest BCUT2D eigenvalue weighted by atomic mass is 9.90. The third-order valence-corrected chi connectivity index (χ3v) is 9.30. The molecule has 0 fully saturated rings. The first-order chi connectivity index (χ1) is 24.4. The second kappa shape index (κ2) is 21.2. The Labute approximate surface area is 297 Å². The first-order valence-electron chi connectivity index (χ1n) is 18.9. The fraction of sp³-hybridized carbons (Fsp3) is 0.455. The van der Waals surface area contributed by atoms with E-state index in [1.807, 2.05) is 0 Å². The summed E-state index contributed by atoms with van der Waals surface area (Å²) >= 11 is 0. The van der Waals surface area contributed by atoms with Crippen LogP contribution in [0.1, 0.15) is 148 Å². The number of unbranched alkanes of at least 4 members (excludes halogenated alkanes) is 14. The summed E-state index contributed by atoms with van der Waals surface area (Å²) in [6.45, 7) is 5.36. The molecule has 0 saturated carbocycles. The van der Waals surface area contributed by atoms with Crippen molar-refractivity contribution in [3.8, 4) is 11.5 Å². The molecule has 268 valence electrons. The lowest BCUT2D eigenvalue weighted by Gasteiger charge is -2.19. The number of carbonyl (C=O) groups is 2. The van der Waals surface area contributed by atoms with Gasteiger partial charge in [-0.05, 0) is 85.6 Å². The number of hydrogen-bond donors (Lipinski definition) is 0. The molecule has 4 rings (SSSR count). The van der Waals surface area contributed by atoms with Crippen LogP contribution in [-0.4, -0.2) is 24.8 Å². The summed E-state index contributed by atoms with van der Waals surface area (Å²) in [4.78, 5) is 28.1. The molecular weight excluding hydrogens is 630 g/mol. The standard InChI is InChI=1S/C44H54F2O4/c1-3-5-7-9-11-13-15-17-31-49-39-29-27-38(44(48)34-21-25-36(46)26-22-34)42-40(50-32-18-16-14-12-10-8-6-4-2)30-28-37(41(39)42)43(47)33-19-23-35(45)24-20-33/h19-30H,3-18,31-32H2,1-2H3. The van der Waals surface area contributed by atoms with Gasteiger partial charge >= 0.3 is 0 Å². The van der Waals surface area contributed by atoms with Gasteiger partial charge in [-0.1, -0.05) is 104 Å². The highest BCUT2D eigenvalue weighted by Gasteiger charge is 2.24. The van der Waals surface area contributed by atoms with Crippen LogP contribution >= 0.6 is 0 Å². The van der Waals surface area contributed by atoms with Crippen molar-refractivity contribution in [1.82, 2.24) is 0 Å². The van der Waals surface area contributed by atoms with Crippen LogP contribution in [-0.2, 0) is 0 Å². The Morgan fingerprint density at radius 2 is 0.760 bits per heavy atom. The van der Waals surface area contributed by atoms with E-state index in [-0.39, 0.29) is 11.6 Å². The van der Waals surface area contributed by atoms with Crippen molar-refractivity contribution in [2.75, 3.05) is 13.2 Å². The highest BCUT2D eigenvalue weighted by atomic mass is 19.1. The van der Waals surface area contributed by atoms with Crippen molar-refractivity contribution in [3.05, 3.63) is 107 Å². The molecule has 0 aromatic heterocycles. The first-order valence-corrected chi connectivity index (χ1v) is 18.9. The summed E-state index contributed by atoms with van der Waals surface area (Å²) in [5, 5.41) is 0.973. The fourth-order valence-corrected chi connectivity index (χ4v) is 6.40. The van der Waals surface area contributed by atoms with Crippen LogP contribution in [0.3, 0.4) is 0 Å². The average Bonchev–Trinajstić information content (AvgIpc) is 3.13. The minimum absolute atomic E-state index is 0.312. The van der Waals surface area contributed by atoms with Gasteiger partial charge in [-0.15, -0.1) is 0 Å². The summed E-state index contributed by atoms with van der Waals surface area (Å²) in [6, 6.07) is 17.8. The Bertz CT molecular complexity index is 1510. The van der Waals surface area contributed by atoms with E-state index in [1.54, 1.807) is 24.3 Å². The van der Waals surface area contributed by atoms with Gasteiger partial charge in [0.25, 0.3) is 0 Å². The van der Waals surface area contributed by atoms with E-state index < -0.39 is 11.6 Å². The number of halogens is 2. The molecule has 0 aliphatic rings. The molecule has 50 heavy (non-hydrogen) atoms.